The maximum atomic E-state index is 10.9. The Morgan fingerprint density at radius 3 is 3.00 bits per heavy atom. The number of hydrogen-bond acceptors (Lipinski definition) is 3. The molecule has 2 heterocycles. The van der Waals surface area contributed by atoms with E-state index in [0.717, 1.165) is 25.9 Å². The summed E-state index contributed by atoms with van der Waals surface area (Å²) in [5.41, 5.74) is 2.17. The minimum Gasteiger partial charge on any atom is -0.314 e. The number of amides is 1. The van der Waals surface area contributed by atoms with Gasteiger partial charge in [0.1, 0.15) is 5.60 Å². The van der Waals surface area contributed by atoms with Crippen molar-refractivity contribution in [3.05, 3.63) is 0 Å². The first kappa shape index (κ1) is 7.06. The number of hydroxylamine groups is 1. The molecule has 11 heavy (non-hydrogen) atoms. The molecule has 2 aliphatic heterocycles. The van der Waals surface area contributed by atoms with E-state index in [1.165, 1.54) is 0 Å². The Labute approximate surface area is 65.2 Å². The Balaban J connectivity index is 2.03. The molecular formula is C7H12N2O2. The van der Waals surface area contributed by atoms with Crippen LogP contribution in [0.5, 0.6) is 0 Å². The third-order valence-corrected chi connectivity index (χ3v) is 2.30. The lowest BCUT2D eigenvalue weighted by molar-refractivity contribution is -0.126. The zero-order valence-electron chi connectivity index (χ0n) is 6.35. The molecule has 2 aliphatic rings. The van der Waals surface area contributed by atoms with E-state index in [1.807, 2.05) is 0 Å². The average Bonchev–Trinajstić information content (AvgIpc) is 2.34. The van der Waals surface area contributed by atoms with E-state index in [9.17, 15) is 4.79 Å². The molecule has 0 aromatic carbocycles. The molecule has 2 fully saturated rings. The van der Waals surface area contributed by atoms with Crippen LogP contribution in [0.25, 0.3) is 0 Å². The second-order valence-electron chi connectivity index (χ2n) is 3.27. The highest BCUT2D eigenvalue weighted by atomic mass is 16.7. The van der Waals surface area contributed by atoms with Crippen LogP contribution >= 0.6 is 0 Å². The molecule has 1 amide bonds. The molecule has 0 aliphatic carbocycles. The maximum absolute atomic E-state index is 10.9. The number of carbonyl (C=O) groups excluding carboxylic acids is 1. The third kappa shape index (κ3) is 1.23. The van der Waals surface area contributed by atoms with Crippen LogP contribution in [-0.4, -0.2) is 24.6 Å². The van der Waals surface area contributed by atoms with Gasteiger partial charge in [-0.05, 0) is 19.4 Å². The first-order valence-electron chi connectivity index (χ1n) is 3.98. The van der Waals surface area contributed by atoms with E-state index in [1.54, 1.807) is 0 Å². The second-order valence-corrected chi connectivity index (χ2v) is 3.27. The third-order valence-electron chi connectivity index (χ3n) is 2.30. The molecule has 0 bridgehead atoms. The summed E-state index contributed by atoms with van der Waals surface area (Å²) in [5.74, 6) is 0.00806. The van der Waals surface area contributed by atoms with Crippen LogP contribution in [0.2, 0.25) is 0 Å². The van der Waals surface area contributed by atoms with Crippen molar-refractivity contribution in [3.63, 3.8) is 0 Å². The van der Waals surface area contributed by atoms with Gasteiger partial charge in [0.25, 0.3) is 0 Å². The second kappa shape index (κ2) is 2.46. The summed E-state index contributed by atoms with van der Waals surface area (Å²) in [6, 6.07) is 0. The van der Waals surface area contributed by atoms with Crippen molar-refractivity contribution in [2.45, 2.75) is 24.9 Å². The van der Waals surface area contributed by atoms with Gasteiger partial charge in [-0.2, -0.15) is 0 Å². The molecule has 0 aromatic rings. The number of nitrogens with one attached hydrogen (secondary N) is 2. The predicted octanol–water partition coefficient (Wildman–Crippen LogP) is -0.440. The van der Waals surface area contributed by atoms with Gasteiger partial charge in [-0.1, -0.05) is 0 Å². The Bertz CT molecular complexity index is 175. The van der Waals surface area contributed by atoms with Crippen LogP contribution in [0, 0.1) is 0 Å². The van der Waals surface area contributed by atoms with Crippen LogP contribution in [0.3, 0.4) is 0 Å². The van der Waals surface area contributed by atoms with Crippen molar-refractivity contribution >= 4 is 5.91 Å². The highest BCUT2D eigenvalue weighted by molar-refractivity contribution is 5.77. The summed E-state index contributed by atoms with van der Waals surface area (Å²) < 4.78 is 0. The largest absolute Gasteiger partial charge is 0.314 e. The molecule has 2 saturated heterocycles. The van der Waals surface area contributed by atoms with Crippen LogP contribution in [0.4, 0.5) is 0 Å². The molecule has 4 heteroatoms. The molecule has 2 N–H and O–H groups in total. The molecule has 2 rings (SSSR count). The van der Waals surface area contributed by atoms with E-state index < -0.39 is 0 Å². The lowest BCUT2D eigenvalue weighted by Gasteiger charge is -2.30. The van der Waals surface area contributed by atoms with Crippen LogP contribution < -0.4 is 10.8 Å². The molecule has 62 valence electrons. The van der Waals surface area contributed by atoms with E-state index in [-0.39, 0.29) is 11.5 Å². The molecule has 0 saturated carbocycles. The lowest BCUT2D eigenvalue weighted by atomic mass is 9.91. The first-order valence-corrected chi connectivity index (χ1v) is 3.98. The summed E-state index contributed by atoms with van der Waals surface area (Å²) in [4.78, 5) is 16.1. The van der Waals surface area contributed by atoms with Gasteiger partial charge in [0, 0.05) is 6.54 Å². The van der Waals surface area contributed by atoms with Crippen LogP contribution in [0.1, 0.15) is 19.3 Å². The van der Waals surface area contributed by atoms with E-state index in [4.69, 9.17) is 4.84 Å². The van der Waals surface area contributed by atoms with Crippen molar-refractivity contribution in [3.8, 4) is 0 Å². The summed E-state index contributed by atoms with van der Waals surface area (Å²) in [5, 5.41) is 3.22. The smallest absolute Gasteiger partial charge is 0.246 e. The maximum Gasteiger partial charge on any atom is 0.246 e. The molecule has 0 unspecified atom stereocenters. The fourth-order valence-electron chi connectivity index (χ4n) is 1.71. The Morgan fingerprint density at radius 1 is 1.55 bits per heavy atom. The number of rotatable bonds is 0. The summed E-state index contributed by atoms with van der Waals surface area (Å²) in [6.45, 7) is 1.84. The van der Waals surface area contributed by atoms with Crippen molar-refractivity contribution in [1.29, 1.82) is 0 Å². The van der Waals surface area contributed by atoms with Gasteiger partial charge in [-0.3, -0.25) is 9.63 Å². The Hall–Kier alpha value is -0.610. The SMILES string of the molecule is O=C1C[C@@]2(CCCNC2)ON1. The van der Waals surface area contributed by atoms with Gasteiger partial charge in [0.2, 0.25) is 5.91 Å². The van der Waals surface area contributed by atoms with Gasteiger partial charge in [-0.15, -0.1) is 0 Å². The van der Waals surface area contributed by atoms with Crippen LogP contribution in [0.15, 0.2) is 0 Å². The topological polar surface area (TPSA) is 50.4 Å². The number of carbonyl (C=O) groups is 1. The molecule has 1 spiro atoms. The van der Waals surface area contributed by atoms with Gasteiger partial charge >= 0.3 is 0 Å². The molecule has 0 aromatic heterocycles. The Kier molecular flexibility index (Phi) is 1.58. The van der Waals surface area contributed by atoms with Gasteiger partial charge < -0.3 is 5.32 Å². The lowest BCUT2D eigenvalue weighted by Crippen LogP contribution is -2.45. The first-order chi connectivity index (χ1) is 5.31. The number of hydrogen-bond donors (Lipinski definition) is 2. The van der Waals surface area contributed by atoms with E-state index in [2.05, 4.69) is 10.8 Å². The standard InChI is InChI=1S/C7H12N2O2/c10-6-4-7(11-9-6)2-1-3-8-5-7/h8H,1-5H2,(H,9,10)/t7-/m1/s1. The quantitative estimate of drug-likeness (QED) is 0.500. The van der Waals surface area contributed by atoms with Gasteiger partial charge in [0.15, 0.2) is 0 Å². The van der Waals surface area contributed by atoms with Crippen molar-refractivity contribution in [1.82, 2.24) is 10.8 Å². The van der Waals surface area contributed by atoms with E-state index in [0.29, 0.717) is 6.42 Å². The molecule has 1 atom stereocenters. The van der Waals surface area contributed by atoms with Gasteiger partial charge in [0.05, 0.1) is 6.42 Å². The molecular weight excluding hydrogens is 144 g/mol. The van der Waals surface area contributed by atoms with Crippen molar-refractivity contribution in [2.75, 3.05) is 13.1 Å². The zero-order valence-corrected chi connectivity index (χ0v) is 6.35. The molecule has 0 radical (unpaired) electrons. The fraction of sp³-hybridized carbons (Fsp3) is 0.857. The minimum absolute atomic E-state index is 0.00806. The zero-order chi connectivity index (χ0) is 7.73. The van der Waals surface area contributed by atoms with Crippen molar-refractivity contribution in [2.24, 2.45) is 0 Å². The average molecular weight is 156 g/mol. The fourth-order valence-corrected chi connectivity index (χ4v) is 1.71. The predicted molar refractivity (Wildman–Crippen MR) is 38.7 cm³/mol. The van der Waals surface area contributed by atoms with E-state index >= 15 is 0 Å². The summed E-state index contributed by atoms with van der Waals surface area (Å²) in [6.07, 6.45) is 2.59. The summed E-state index contributed by atoms with van der Waals surface area (Å²) >= 11 is 0. The highest BCUT2D eigenvalue weighted by Crippen LogP contribution is 2.27. The van der Waals surface area contributed by atoms with Crippen LogP contribution in [-0.2, 0) is 9.63 Å². The number of piperidine rings is 1. The molecule has 4 nitrogen and oxygen atoms in total. The summed E-state index contributed by atoms with van der Waals surface area (Å²) in [7, 11) is 0. The highest BCUT2D eigenvalue weighted by Gasteiger charge is 2.41. The van der Waals surface area contributed by atoms with Gasteiger partial charge in [-0.25, -0.2) is 5.48 Å². The minimum atomic E-state index is -0.227. The normalized spacial score (nSPS) is 37.6. The Morgan fingerprint density at radius 2 is 2.45 bits per heavy atom. The monoisotopic (exact) mass is 156 g/mol. The van der Waals surface area contributed by atoms with Crippen molar-refractivity contribution < 1.29 is 9.63 Å².